The van der Waals surface area contributed by atoms with Crippen LogP contribution < -0.4 is 5.32 Å². The number of hydrogen-bond donors (Lipinski definition) is 2. The summed E-state index contributed by atoms with van der Waals surface area (Å²) in [5.74, 6) is 0.753. The second kappa shape index (κ2) is 4.98. The van der Waals surface area contributed by atoms with Gasteiger partial charge in [-0.1, -0.05) is 48.0 Å². The van der Waals surface area contributed by atoms with Gasteiger partial charge in [0.2, 0.25) is 5.95 Å². The second-order valence-corrected chi connectivity index (χ2v) is 4.50. The zero-order valence-corrected chi connectivity index (χ0v) is 10.7. The van der Waals surface area contributed by atoms with Gasteiger partial charge >= 0.3 is 0 Å². The van der Waals surface area contributed by atoms with E-state index in [1.54, 1.807) is 0 Å². The first kappa shape index (κ1) is 11.5. The second-order valence-electron chi connectivity index (χ2n) is 4.50. The number of aryl methyl sites for hydroxylation is 1. The third-order valence-electron chi connectivity index (χ3n) is 2.97. The number of anilines is 2. The standard InChI is InChI=1S/C16H15N3/c1-12-7-9-14(10-8-12)18-16-17-11-15(19-16)13-5-3-2-4-6-13/h2-11H,1H3,(H2,17,18,19). The molecule has 3 aromatic rings. The molecule has 0 aliphatic rings. The summed E-state index contributed by atoms with van der Waals surface area (Å²) >= 11 is 0. The molecular formula is C16H15N3. The summed E-state index contributed by atoms with van der Waals surface area (Å²) < 4.78 is 0. The Kier molecular flexibility index (Phi) is 3.02. The van der Waals surface area contributed by atoms with Gasteiger partial charge in [0.05, 0.1) is 11.9 Å². The molecule has 0 bridgehead atoms. The van der Waals surface area contributed by atoms with Gasteiger partial charge in [-0.05, 0) is 24.6 Å². The predicted octanol–water partition coefficient (Wildman–Crippen LogP) is 4.13. The van der Waals surface area contributed by atoms with Gasteiger partial charge in [0.1, 0.15) is 0 Å². The quantitative estimate of drug-likeness (QED) is 0.732. The molecular weight excluding hydrogens is 234 g/mol. The van der Waals surface area contributed by atoms with E-state index >= 15 is 0 Å². The van der Waals surface area contributed by atoms with Gasteiger partial charge in [-0.25, -0.2) is 4.98 Å². The lowest BCUT2D eigenvalue weighted by atomic mass is 10.2. The van der Waals surface area contributed by atoms with Crippen LogP contribution in [0.15, 0.2) is 60.8 Å². The zero-order valence-electron chi connectivity index (χ0n) is 10.7. The van der Waals surface area contributed by atoms with E-state index in [9.17, 15) is 0 Å². The smallest absolute Gasteiger partial charge is 0.205 e. The molecule has 0 spiro atoms. The Morgan fingerprint density at radius 1 is 0.947 bits per heavy atom. The van der Waals surface area contributed by atoms with E-state index in [4.69, 9.17) is 0 Å². The van der Waals surface area contributed by atoms with Crippen LogP contribution in [-0.4, -0.2) is 9.97 Å². The number of nitrogens with zero attached hydrogens (tertiary/aromatic N) is 1. The van der Waals surface area contributed by atoms with Crippen molar-refractivity contribution in [2.45, 2.75) is 6.92 Å². The Morgan fingerprint density at radius 3 is 2.42 bits per heavy atom. The molecule has 1 heterocycles. The minimum Gasteiger partial charge on any atom is -0.326 e. The van der Waals surface area contributed by atoms with Crippen molar-refractivity contribution in [3.63, 3.8) is 0 Å². The molecule has 0 saturated heterocycles. The topological polar surface area (TPSA) is 40.7 Å². The number of imidazole rings is 1. The molecule has 0 radical (unpaired) electrons. The third-order valence-corrected chi connectivity index (χ3v) is 2.97. The Morgan fingerprint density at radius 2 is 1.68 bits per heavy atom. The summed E-state index contributed by atoms with van der Waals surface area (Å²) in [6, 6.07) is 18.4. The molecule has 2 N–H and O–H groups in total. The van der Waals surface area contributed by atoms with Crippen molar-refractivity contribution in [3.8, 4) is 11.3 Å². The van der Waals surface area contributed by atoms with Crippen LogP contribution in [0.1, 0.15) is 5.56 Å². The molecule has 94 valence electrons. The number of nitrogens with one attached hydrogen (secondary N) is 2. The van der Waals surface area contributed by atoms with E-state index in [1.807, 2.05) is 36.5 Å². The van der Waals surface area contributed by atoms with Crippen molar-refractivity contribution in [1.29, 1.82) is 0 Å². The molecule has 0 unspecified atom stereocenters. The Hall–Kier alpha value is -2.55. The lowest BCUT2D eigenvalue weighted by Gasteiger charge is -2.03. The van der Waals surface area contributed by atoms with Crippen molar-refractivity contribution < 1.29 is 0 Å². The van der Waals surface area contributed by atoms with Crippen LogP contribution in [0.5, 0.6) is 0 Å². The maximum Gasteiger partial charge on any atom is 0.205 e. The normalized spacial score (nSPS) is 10.4. The number of H-pyrrole nitrogens is 1. The van der Waals surface area contributed by atoms with Crippen LogP contribution >= 0.6 is 0 Å². The average Bonchev–Trinajstić information content (AvgIpc) is 2.91. The van der Waals surface area contributed by atoms with E-state index in [0.29, 0.717) is 0 Å². The van der Waals surface area contributed by atoms with Crippen molar-refractivity contribution in [2.75, 3.05) is 5.32 Å². The lowest BCUT2D eigenvalue weighted by Crippen LogP contribution is -1.92. The number of hydrogen-bond acceptors (Lipinski definition) is 2. The highest BCUT2D eigenvalue weighted by Gasteiger charge is 2.02. The fourth-order valence-electron chi connectivity index (χ4n) is 1.92. The molecule has 0 aliphatic carbocycles. The molecule has 2 aromatic carbocycles. The molecule has 0 saturated carbocycles. The summed E-state index contributed by atoms with van der Waals surface area (Å²) in [5.41, 5.74) is 4.41. The van der Waals surface area contributed by atoms with E-state index in [0.717, 1.165) is 22.9 Å². The van der Waals surface area contributed by atoms with Crippen LogP contribution in [0.25, 0.3) is 11.3 Å². The fraction of sp³-hybridized carbons (Fsp3) is 0.0625. The highest BCUT2D eigenvalue weighted by Crippen LogP contribution is 2.20. The van der Waals surface area contributed by atoms with Crippen molar-refractivity contribution in [3.05, 3.63) is 66.4 Å². The first-order chi connectivity index (χ1) is 9.31. The van der Waals surface area contributed by atoms with E-state index in [1.165, 1.54) is 5.56 Å². The van der Waals surface area contributed by atoms with Gasteiger partial charge in [0.15, 0.2) is 0 Å². The van der Waals surface area contributed by atoms with Gasteiger partial charge in [-0.15, -0.1) is 0 Å². The zero-order chi connectivity index (χ0) is 13.1. The number of rotatable bonds is 3. The molecule has 3 nitrogen and oxygen atoms in total. The molecule has 0 amide bonds. The van der Waals surface area contributed by atoms with Gasteiger partial charge in [0, 0.05) is 5.69 Å². The van der Waals surface area contributed by atoms with Crippen LogP contribution in [0.4, 0.5) is 11.6 Å². The van der Waals surface area contributed by atoms with Crippen LogP contribution in [-0.2, 0) is 0 Å². The summed E-state index contributed by atoms with van der Waals surface area (Å²) in [7, 11) is 0. The highest BCUT2D eigenvalue weighted by molar-refractivity contribution is 5.62. The molecule has 3 rings (SSSR count). The first-order valence-electron chi connectivity index (χ1n) is 6.25. The SMILES string of the molecule is Cc1ccc(Nc2ncc(-c3ccccc3)[nH]2)cc1. The van der Waals surface area contributed by atoms with Gasteiger partial charge in [0.25, 0.3) is 0 Å². The number of aromatic amines is 1. The summed E-state index contributed by atoms with van der Waals surface area (Å²) in [6.45, 7) is 2.07. The van der Waals surface area contributed by atoms with Crippen molar-refractivity contribution in [1.82, 2.24) is 9.97 Å². The van der Waals surface area contributed by atoms with Crippen molar-refractivity contribution in [2.24, 2.45) is 0 Å². The molecule has 0 atom stereocenters. The third kappa shape index (κ3) is 2.65. The van der Waals surface area contributed by atoms with Crippen LogP contribution in [0, 0.1) is 6.92 Å². The minimum atomic E-state index is 0.753. The number of benzene rings is 2. The van der Waals surface area contributed by atoms with Crippen LogP contribution in [0.3, 0.4) is 0 Å². The molecule has 1 aromatic heterocycles. The lowest BCUT2D eigenvalue weighted by molar-refractivity contribution is 1.28. The summed E-state index contributed by atoms with van der Waals surface area (Å²) in [6.07, 6.45) is 1.84. The Labute approximate surface area is 112 Å². The molecule has 3 heteroatoms. The van der Waals surface area contributed by atoms with Crippen molar-refractivity contribution >= 4 is 11.6 Å². The Balaban J connectivity index is 1.80. The van der Waals surface area contributed by atoms with Gasteiger partial charge in [-0.3, -0.25) is 0 Å². The highest BCUT2D eigenvalue weighted by atomic mass is 15.1. The first-order valence-corrected chi connectivity index (χ1v) is 6.25. The fourth-order valence-corrected chi connectivity index (χ4v) is 1.92. The average molecular weight is 249 g/mol. The van der Waals surface area contributed by atoms with E-state index in [2.05, 4.69) is 46.5 Å². The van der Waals surface area contributed by atoms with Crippen LogP contribution in [0.2, 0.25) is 0 Å². The van der Waals surface area contributed by atoms with E-state index in [-0.39, 0.29) is 0 Å². The molecule has 0 fully saturated rings. The predicted molar refractivity (Wildman–Crippen MR) is 78.5 cm³/mol. The van der Waals surface area contributed by atoms with Gasteiger partial charge < -0.3 is 10.3 Å². The Bertz CT molecular complexity index is 654. The minimum absolute atomic E-state index is 0.753. The summed E-state index contributed by atoms with van der Waals surface area (Å²) in [4.78, 5) is 7.61. The number of aromatic nitrogens is 2. The maximum absolute atomic E-state index is 4.34. The monoisotopic (exact) mass is 249 g/mol. The largest absolute Gasteiger partial charge is 0.326 e. The summed E-state index contributed by atoms with van der Waals surface area (Å²) in [5, 5.41) is 3.25. The molecule has 19 heavy (non-hydrogen) atoms. The van der Waals surface area contributed by atoms with Gasteiger partial charge in [-0.2, -0.15) is 0 Å². The molecule has 0 aliphatic heterocycles. The maximum atomic E-state index is 4.34. The van der Waals surface area contributed by atoms with E-state index < -0.39 is 0 Å².